The van der Waals surface area contributed by atoms with Gasteiger partial charge in [-0.05, 0) is 65.2 Å². The van der Waals surface area contributed by atoms with E-state index in [2.05, 4.69) is 62.5 Å². The molecular formula is C26H40ClIN2O5. The van der Waals surface area contributed by atoms with Gasteiger partial charge in [0.1, 0.15) is 17.9 Å². The van der Waals surface area contributed by atoms with E-state index in [0.29, 0.717) is 28.5 Å². The van der Waals surface area contributed by atoms with Crippen LogP contribution in [0.15, 0.2) is 12.1 Å². The molecule has 2 fully saturated rings. The van der Waals surface area contributed by atoms with E-state index in [4.69, 9.17) is 21.2 Å². The summed E-state index contributed by atoms with van der Waals surface area (Å²) in [4.78, 5) is 19.9. The third-order valence-electron chi connectivity index (χ3n) is 8.84. The number of methoxy groups -OCH3 is 1. The molecule has 198 valence electrons. The molecule has 2 aliphatic rings. The predicted octanol–water partition coefficient (Wildman–Crippen LogP) is 4.25. The summed E-state index contributed by atoms with van der Waals surface area (Å²) in [5, 5.41) is 26.1. The van der Waals surface area contributed by atoms with Crippen LogP contribution < -0.4 is 10.1 Å². The lowest BCUT2D eigenvalue weighted by atomic mass is 9.58. The molecular weight excluding hydrogens is 583 g/mol. The Morgan fingerprint density at radius 2 is 2.03 bits per heavy atom. The molecule has 1 aromatic carbocycles. The van der Waals surface area contributed by atoms with Crippen molar-refractivity contribution in [2.45, 2.75) is 78.8 Å². The summed E-state index contributed by atoms with van der Waals surface area (Å²) in [5.41, 5.74) is 0.993. The van der Waals surface area contributed by atoms with Crippen molar-refractivity contribution in [1.82, 2.24) is 10.4 Å². The fourth-order valence-corrected chi connectivity index (χ4v) is 6.69. The van der Waals surface area contributed by atoms with Gasteiger partial charge in [-0.15, -0.1) is 0 Å². The molecule has 1 aromatic rings. The third kappa shape index (κ3) is 5.62. The van der Waals surface area contributed by atoms with Crippen LogP contribution in [0.3, 0.4) is 0 Å². The molecule has 1 saturated carbocycles. The molecule has 1 amide bonds. The Labute approximate surface area is 228 Å². The molecule has 7 nitrogen and oxygen atoms in total. The maximum atomic E-state index is 13.8. The first-order valence-electron chi connectivity index (χ1n) is 12.4. The Bertz CT molecular complexity index is 914. The van der Waals surface area contributed by atoms with Crippen molar-refractivity contribution in [3.05, 3.63) is 26.3 Å². The summed E-state index contributed by atoms with van der Waals surface area (Å²) in [5.74, 6) is 1.04. The molecule has 0 bridgehead atoms. The number of carbonyl (C=O) groups is 1. The van der Waals surface area contributed by atoms with E-state index in [1.54, 1.807) is 25.2 Å². The van der Waals surface area contributed by atoms with Crippen LogP contribution in [-0.4, -0.2) is 59.2 Å². The van der Waals surface area contributed by atoms with E-state index in [0.717, 1.165) is 15.6 Å². The molecule has 0 aromatic heterocycles. The number of rotatable bonds is 7. The lowest BCUT2D eigenvalue weighted by Gasteiger charge is -2.50. The molecule has 3 N–H and O–H groups in total. The number of aliphatic hydroxyl groups is 2. The molecule has 35 heavy (non-hydrogen) atoms. The van der Waals surface area contributed by atoms with Gasteiger partial charge in [0.15, 0.2) is 0 Å². The number of hydrogen-bond acceptors (Lipinski definition) is 6. The smallest absolute Gasteiger partial charge is 0.240 e. The number of hydroxylamine groups is 2. The van der Waals surface area contributed by atoms with Crippen LogP contribution in [0, 0.1) is 32.7 Å². The first-order chi connectivity index (χ1) is 16.3. The Hall–Kier alpha value is -0.650. The van der Waals surface area contributed by atoms with Gasteiger partial charge in [0.25, 0.3) is 0 Å². The number of ether oxygens (including phenoxy) is 1. The Kier molecular flexibility index (Phi) is 9.41. The topological polar surface area (TPSA) is 91.3 Å². The average molecular weight is 623 g/mol. The fraction of sp³-hybridized carbons (Fsp3) is 0.731. The minimum absolute atomic E-state index is 0.0243. The van der Waals surface area contributed by atoms with E-state index in [1.165, 1.54) is 0 Å². The normalized spacial score (nSPS) is 34.0. The highest BCUT2D eigenvalue weighted by Gasteiger charge is 2.51. The van der Waals surface area contributed by atoms with Crippen molar-refractivity contribution in [2.75, 3.05) is 13.7 Å². The van der Waals surface area contributed by atoms with E-state index in [9.17, 15) is 15.0 Å². The molecule has 1 aliphatic heterocycles. The van der Waals surface area contributed by atoms with Gasteiger partial charge in [-0.2, -0.15) is 5.06 Å². The van der Waals surface area contributed by atoms with E-state index < -0.39 is 24.2 Å². The Morgan fingerprint density at radius 1 is 1.37 bits per heavy atom. The molecule has 1 saturated heterocycles. The van der Waals surface area contributed by atoms with Gasteiger partial charge in [0, 0.05) is 17.5 Å². The van der Waals surface area contributed by atoms with Crippen LogP contribution in [0.25, 0.3) is 0 Å². The Balaban J connectivity index is 1.90. The monoisotopic (exact) mass is 622 g/mol. The number of benzene rings is 1. The minimum Gasteiger partial charge on any atom is -0.495 e. The Morgan fingerprint density at radius 3 is 2.60 bits per heavy atom. The zero-order valence-electron chi connectivity index (χ0n) is 21.7. The summed E-state index contributed by atoms with van der Waals surface area (Å²) < 4.78 is 6.37. The minimum atomic E-state index is -0.847. The highest BCUT2D eigenvalue weighted by atomic mass is 127. The molecule has 1 aliphatic carbocycles. The van der Waals surface area contributed by atoms with Crippen LogP contribution >= 0.6 is 34.2 Å². The maximum Gasteiger partial charge on any atom is 0.240 e. The van der Waals surface area contributed by atoms with Crippen LogP contribution in [0.5, 0.6) is 5.75 Å². The second-order valence-electron chi connectivity index (χ2n) is 10.9. The first-order valence-corrected chi connectivity index (χ1v) is 13.8. The van der Waals surface area contributed by atoms with E-state index in [1.807, 2.05) is 6.07 Å². The molecule has 8 atom stereocenters. The van der Waals surface area contributed by atoms with Gasteiger partial charge in [0.05, 0.1) is 35.0 Å². The van der Waals surface area contributed by atoms with E-state index in [-0.39, 0.29) is 30.5 Å². The first kappa shape index (κ1) is 28.9. The van der Waals surface area contributed by atoms with Crippen molar-refractivity contribution in [3.8, 4) is 5.75 Å². The molecule has 0 unspecified atom stereocenters. The molecule has 0 radical (unpaired) electrons. The second kappa shape index (κ2) is 11.4. The van der Waals surface area contributed by atoms with Crippen LogP contribution in [0.1, 0.15) is 53.5 Å². The molecule has 1 heterocycles. The molecule has 9 heteroatoms. The van der Waals surface area contributed by atoms with Gasteiger partial charge >= 0.3 is 0 Å². The summed E-state index contributed by atoms with van der Waals surface area (Å²) in [6, 6.07) is 2.89. The van der Waals surface area contributed by atoms with Crippen LogP contribution in [0.2, 0.25) is 5.02 Å². The summed E-state index contributed by atoms with van der Waals surface area (Å²) in [7, 11) is 1.58. The number of hydrogen-bond donors (Lipinski definition) is 3. The van der Waals surface area contributed by atoms with Gasteiger partial charge in [-0.1, -0.05) is 52.3 Å². The maximum absolute atomic E-state index is 13.8. The van der Waals surface area contributed by atoms with Crippen molar-refractivity contribution in [3.63, 3.8) is 0 Å². The van der Waals surface area contributed by atoms with Crippen molar-refractivity contribution in [2.24, 2.45) is 29.1 Å². The highest BCUT2D eigenvalue weighted by Crippen LogP contribution is 2.47. The number of amides is 1. The standard InChI is InChI=1S/C26H40ClIN2O5/c1-13-10-19(14(2)15(3)26(13,5)6)29-25(33)23-21(16(4)32)20(12-31)35-30(23)11-17-8-9-18(27)22(28)24(17)34-7/h8-9,13-16,19-21,23,31-32H,10-12H2,1-7H3,(H,29,33)/t13-,14+,15+,16+,19+,20+,21-,23+/m1/s1. The van der Waals surface area contributed by atoms with Crippen molar-refractivity contribution >= 4 is 40.1 Å². The number of nitrogens with one attached hydrogen (secondary N) is 1. The molecule has 3 rings (SSSR count). The zero-order valence-corrected chi connectivity index (χ0v) is 24.6. The lowest BCUT2D eigenvalue weighted by molar-refractivity contribution is -0.182. The number of halogens is 2. The third-order valence-corrected chi connectivity index (χ3v) is 10.5. The van der Waals surface area contributed by atoms with Gasteiger partial charge in [0.2, 0.25) is 5.91 Å². The van der Waals surface area contributed by atoms with Gasteiger partial charge < -0.3 is 20.3 Å². The number of carbonyl (C=O) groups excluding carboxylic acids is 1. The summed E-state index contributed by atoms with van der Waals surface area (Å²) >= 11 is 8.41. The van der Waals surface area contributed by atoms with Gasteiger partial charge in [-0.3, -0.25) is 9.63 Å². The van der Waals surface area contributed by atoms with Crippen LogP contribution in [-0.2, 0) is 16.2 Å². The average Bonchev–Trinajstić information content (AvgIpc) is 3.17. The highest BCUT2D eigenvalue weighted by molar-refractivity contribution is 14.1. The fourth-order valence-electron chi connectivity index (χ4n) is 5.79. The quantitative estimate of drug-likeness (QED) is 0.394. The largest absolute Gasteiger partial charge is 0.495 e. The van der Waals surface area contributed by atoms with Crippen molar-refractivity contribution < 1.29 is 24.6 Å². The number of nitrogens with zero attached hydrogens (tertiary/aromatic N) is 1. The second-order valence-corrected chi connectivity index (χ2v) is 12.4. The summed E-state index contributed by atoms with van der Waals surface area (Å²) in [6.07, 6.45) is -0.645. The zero-order chi connectivity index (χ0) is 26.2. The van der Waals surface area contributed by atoms with Crippen LogP contribution in [0.4, 0.5) is 0 Å². The summed E-state index contributed by atoms with van der Waals surface area (Å²) in [6.45, 7) is 12.9. The SMILES string of the molecule is COc1c(CN2O[C@@H](CO)[C@@H]([C@H](C)O)[C@H]2C(=O)N[C@H]2C[C@@H](C)C(C)(C)[C@@H](C)[C@@H]2C)ccc(Cl)c1I. The van der Waals surface area contributed by atoms with E-state index >= 15 is 0 Å². The lowest BCUT2D eigenvalue weighted by Crippen LogP contribution is -2.56. The van der Waals surface area contributed by atoms with Gasteiger partial charge in [-0.25, -0.2) is 0 Å². The molecule has 0 spiro atoms. The predicted molar refractivity (Wildman–Crippen MR) is 145 cm³/mol. The number of aliphatic hydroxyl groups excluding tert-OH is 2. The van der Waals surface area contributed by atoms with Crippen molar-refractivity contribution in [1.29, 1.82) is 0 Å².